The van der Waals surface area contributed by atoms with E-state index in [9.17, 15) is 29.4 Å². The van der Waals surface area contributed by atoms with Crippen LogP contribution < -0.4 is 33.2 Å². The number of phenolic OH excluding ortho intramolecular Hbond substituents is 1. The van der Waals surface area contributed by atoms with Crippen molar-refractivity contribution in [3.63, 3.8) is 0 Å². The number of carbonyl (C=O) groups excluding carboxylic acids is 3. The molecule has 1 aromatic carbocycles. The Balaban J connectivity index is 2.80. The standard InChI is InChI=1S/C23H38N6O6/c24-11-3-1-5-17(26)21(32)27-14-20(31)28-19(13-15-7-9-16(30)10-8-15)22(33)29-18(23(34)35)6-2-4-12-25/h7-10,17-19,30H,1-6,11-14,24-26H2,(H,27,32)(H,28,31)(H,29,33)(H,34,35). The fourth-order valence-electron chi connectivity index (χ4n) is 3.28. The number of rotatable bonds is 17. The monoisotopic (exact) mass is 494 g/mol. The molecule has 0 bridgehead atoms. The van der Waals surface area contributed by atoms with Crippen LogP contribution in [0.5, 0.6) is 5.75 Å². The van der Waals surface area contributed by atoms with Gasteiger partial charge in [-0.25, -0.2) is 4.79 Å². The summed E-state index contributed by atoms with van der Waals surface area (Å²) in [6, 6.07) is 3.00. The van der Waals surface area contributed by atoms with Crippen molar-refractivity contribution in [1.29, 1.82) is 0 Å². The molecule has 3 unspecified atom stereocenters. The highest BCUT2D eigenvalue weighted by atomic mass is 16.4. The molecular formula is C23H38N6O6. The van der Waals surface area contributed by atoms with E-state index in [1.54, 1.807) is 12.1 Å². The smallest absolute Gasteiger partial charge is 0.326 e. The number of hydrogen-bond acceptors (Lipinski definition) is 8. The lowest BCUT2D eigenvalue weighted by Crippen LogP contribution is -2.54. The van der Waals surface area contributed by atoms with Gasteiger partial charge in [0.1, 0.15) is 17.8 Å². The van der Waals surface area contributed by atoms with Crippen LogP contribution in [0.1, 0.15) is 44.1 Å². The Bertz CT molecular complexity index is 819. The Labute approximate surface area is 205 Å². The first-order valence-electron chi connectivity index (χ1n) is 11.7. The minimum atomic E-state index is -1.19. The lowest BCUT2D eigenvalue weighted by molar-refractivity contribution is -0.142. The predicted molar refractivity (Wildman–Crippen MR) is 130 cm³/mol. The van der Waals surface area contributed by atoms with Gasteiger partial charge in [0.05, 0.1) is 12.6 Å². The van der Waals surface area contributed by atoms with Crippen LogP contribution in [-0.4, -0.2) is 71.7 Å². The number of unbranched alkanes of at least 4 members (excludes halogenated alkanes) is 2. The number of carboxylic acids is 1. The molecule has 3 amide bonds. The lowest BCUT2D eigenvalue weighted by Gasteiger charge is -2.22. The van der Waals surface area contributed by atoms with Crippen molar-refractivity contribution in [2.75, 3.05) is 19.6 Å². The van der Waals surface area contributed by atoms with E-state index in [2.05, 4.69) is 16.0 Å². The number of carbonyl (C=O) groups is 4. The van der Waals surface area contributed by atoms with E-state index in [1.165, 1.54) is 12.1 Å². The quantitative estimate of drug-likeness (QED) is 0.120. The molecule has 3 atom stereocenters. The summed E-state index contributed by atoms with van der Waals surface area (Å²) in [4.78, 5) is 49.1. The summed E-state index contributed by atoms with van der Waals surface area (Å²) in [5, 5.41) is 26.4. The molecule has 0 heterocycles. The molecule has 0 spiro atoms. The second-order valence-corrected chi connectivity index (χ2v) is 8.28. The Kier molecular flexibility index (Phi) is 14.0. The van der Waals surface area contributed by atoms with Gasteiger partial charge in [0.2, 0.25) is 17.7 Å². The first-order chi connectivity index (χ1) is 16.7. The molecule has 11 N–H and O–H groups in total. The van der Waals surface area contributed by atoms with Crippen LogP contribution >= 0.6 is 0 Å². The van der Waals surface area contributed by atoms with Crippen molar-refractivity contribution in [1.82, 2.24) is 16.0 Å². The Hall–Kier alpha value is -3.22. The van der Waals surface area contributed by atoms with E-state index in [0.717, 1.165) is 6.42 Å². The molecule has 0 fully saturated rings. The molecule has 12 nitrogen and oxygen atoms in total. The van der Waals surface area contributed by atoms with Crippen molar-refractivity contribution in [2.24, 2.45) is 17.2 Å². The van der Waals surface area contributed by atoms with E-state index in [0.29, 0.717) is 44.3 Å². The summed E-state index contributed by atoms with van der Waals surface area (Å²) in [7, 11) is 0. The van der Waals surface area contributed by atoms with Gasteiger partial charge < -0.3 is 43.4 Å². The number of nitrogens with two attached hydrogens (primary N) is 3. The van der Waals surface area contributed by atoms with Gasteiger partial charge in [-0.05, 0) is 62.9 Å². The number of aliphatic carboxylic acids is 1. The van der Waals surface area contributed by atoms with E-state index >= 15 is 0 Å². The van der Waals surface area contributed by atoms with E-state index in [-0.39, 0.29) is 18.6 Å². The molecule has 0 aliphatic carbocycles. The van der Waals surface area contributed by atoms with Gasteiger partial charge in [-0.15, -0.1) is 0 Å². The maximum Gasteiger partial charge on any atom is 0.326 e. The third-order valence-electron chi connectivity index (χ3n) is 5.32. The number of aromatic hydroxyl groups is 1. The molecule has 1 aromatic rings. The van der Waals surface area contributed by atoms with Crippen LogP contribution in [0.2, 0.25) is 0 Å². The second kappa shape index (κ2) is 16.4. The van der Waals surface area contributed by atoms with Crippen LogP contribution in [0.15, 0.2) is 24.3 Å². The first kappa shape index (κ1) is 29.8. The van der Waals surface area contributed by atoms with Gasteiger partial charge in [-0.1, -0.05) is 18.6 Å². The van der Waals surface area contributed by atoms with Crippen LogP contribution in [-0.2, 0) is 25.6 Å². The van der Waals surface area contributed by atoms with Gasteiger partial charge in [0.15, 0.2) is 0 Å². The zero-order valence-corrected chi connectivity index (χ0v) is 19.9. The molecule has 0 saturated heterocycles. The fraction of sp³-hybridized carbons (Fsp3) is 0.565. The molecule has 196 valence electrons. The third-order valence-corrected chi connectivity index (χ3v) is 5.32. The number of amides is 3. The number of carboxylic acid groups (broad SMARTS) is 1. The number of hydrogen-bond donors (Lipinski definition) is 8. The van der Waals surface area contributed by atoms with Crippen LogP contribution in [0.25, 0.3) is 0 Å². The average molecular weight is 495 g/mol. The zero-order chi connectivity index (χ0) is 26.2. The first-order valence-corrected chi connectivity index (χ1v) is 11.7. The summed E-state index contributed by atoms with van der Waals surface area (Å²) in [6.07, 6.45) is 3.20. The van der Waals surface area contributed by atoms with Gasteiger partial charge in [-0.2, -0.15) is 0 Å². The molecule has 12 heteroatoms. The zero-order valence-electron chi connectivity index (χ0n) is 19.9. The highest BCUT2D eigenvalue weighted by Gasteiger charge is 2.27. The third kappa shape index (κ3) is 12.2. The summed E-state index contributed by atoms with van der Waals surface area (Å²) in [6.45, 7) is 0.501. The van der Waals surface area contributed by atoms with Crippen LogP contribution in [0.3, 0.4) is 0 Å². The summed E-state index contributed by atoms with van der Waals surface area (Å²) >= 11 is 0. The van der Waals surface area contributed by atoms with Gasteiger partial charge >= 0.3 is 5.97 Å². The largest absolute Gasteiger partial charge is 0.508 e. The highest BCUT2D eigenvalue weighted by Crippen LogP contribution is 2.12. The molecule has 0 aromatic heterocycles. The van der Waals surface area contributed by atoms with Crippen molar-refractivity contribution in [3.05, 3.63) is 29.8 Å². The molecule has 0 aliphatic rings. The Morgan fingerprint density at radius 3 is 2.00 bits per heavy atom. The molecular weight excluding hydrogens is 456 g/mol. The lowest BCUT2D eigenvalue weighted by atomic mass is 10.0. The maximum absolute atomic E-state index is 12.9. The van der Waals surface area contributed by atoms with E-state index < -0.39 is 48.4 Å². The number of benzene rings is 1. The maximum atomic E-state index is 12.9. The summed E-state index contributed by atoms with van der Waals surface area (Å²) < 4.78 is 0. The topological polar surface area (TPSA) is 223 Å². The molecule has 35 heavy (non-hydrogen) atoms. The number of nitrogens with one attached hydrogen (secondary N) is 3. The van der Waals surface area contributed by atoms with Crippen LogP contribution in [0, 0.1) is 0 Å². The predicted octanol–water partition coefficient (Wildman–Crippen LogP) is -1.31. The average Bonchev–Trinajstić information content (AvgIpc) is 2.82. The number of phenols is 1. The van der Waals surface area contributed by atoms with E-state index in [4.69, 9.17) is 17.2 Å². The second-order valence-electron chi connectivity index (χ2n) is 8.28. The Morgan fingerprint density at radius 1 is 0.829 bits per heavy atom. The molecule has 1 rings (SSSR count). The molecule has 0 saturated carbocycles. The van der Waals surface area contributed by atoms with Crippen molar-refractivity contribution >= 4 is 23.7 Å². The summed E-state index contributed by atoms with van der Waals surface area (Å²) in [5.74, 6) is -2.98. The molecule has 0 aliphatic heterocycles. The minimum absolute atomic E-state index is 0.0372. The van der Waals surface area contributed by atoms with Gasteiger partial charge in [-0.3, -0.25) is 14.4 Å². The summed E-state index contributed by atoms with van der Waals surface area (Å²) in [5.41, 5.74) is 17.3. The van der Waals surface area contributed by atoms with Crippen LogP contribution in [0.4, 0.5) is 0 Å². The fourth-order valence-corrected chi connectivity index (χ4v) is 3.28. The van der Waals surface area contributed by atoms with Crippen molar-refractivity contribution in [3.8, 4) is 5.75 Å². The SMILES string of the molecule is NCCCCC(N)C(=O)NCC(=O)NC(Cc1ccc(O)cc1)C(=O)NC(CCCCN)C(=O)O. The van der Waals surface area contributed by atoms with Gasteiger partial charge in [0.25, 0.3) is 0 Å². The van der Waals surface area contributed by atoms with E-state index in [1.807, 2.05) is 0 Å². The van der Waals surface area contributed by atoms with Crippen molar-refractivity contribution < 1.29 is 29.4 Å². The Morgan fingerprint density at radius 2 is 1.43 bits per heavy atom. The minimum Gasteiger partial charge on any atom is -0.508 e. The highest BCUT2D eigenvalue weighted by molar-refractivity contribution is 5.92. The molecule has 0 radical (unpaired) electrons. The van der Waals surface area contributed by atoms with Crippen molar-refractivity contribution in [2.45, 2.75) is 63.1 Å². The normalized spacial score (nSPS) is 13.3. The van der Waals surface area contributed by atoms with Gasteiger partial charge in [0, 0.05) is 6.42 Å².